The first-order valence-electron chi connectivity index (χ1n) is 9.71. The van der Waals surface area contributed by atoms with Gasteiger partial charge in [0, 0.05) is 20.8 Å². The van der Waals surface area contributed by atoms with E-state index in [2.05, 4.69) is 52.2 Å². The smallest absolute Gasteiger partial charge is 0.272 e. The van der Waals surface area contributed by atoms with Gasteiger partial charge in [-0.05, 0) is 53.6 Å². The molecular formula is C21H18BrN7O2. The summed E-state index contributed by atoms with van der Waals surface area (Å²) in [4.78, 5) is 28.6. The molecule has 5 rings (SSSR count). The third-order valence-corrected chi connectivity index (χ3v) is 6.02. The minimum absolute atomic E-state index is 0.000715. The molecular weight excluding hydrogens is 462 g/mol. The second-order valence-electron chi connectivity index (χ2n) is 7.86. The van der Waals surface area contributed by atoms with Gasteiger partial charge in [0.05, 0.1) is 16.9 Å². The van der Waals surface area contributed by atoms with Gasteiger partial charge in [0.2, 0.25) is 5.91 Å². The van der Waals surface area contributed by atoms with Crippen LogP contribution in [0.3, 0.4) is 0 Å². The van der Waals surface area contributed by atoms with Crippen molar-refractivity contribution in [1.29, 1.82) is 0 Å². The van der Waals surface area contributed by atoms with Crippen LogP contribution in [0.25, 0.3) is 22.3 Å². The SMILES string of the molecule is CC1(C(=O)Nc2cccc3cc(C(=O)Nc4ccc(Br)cc4-c4nnn[nH]4)[nH]c23)CC1. The zero-order valence-corrected chi connectivity index (χ0v) is 18.1. The van der Waals surface area contributed by atoms with Gasteiger partial charge in [-0.25, -0.2) is 5.10 Å². The monoisotopic (exact) mass is 479 g/mol. The molecule has 1 saturated carbocycles. The fraction of sp³-hybridized carbons (Fsp3) is 0.190. The molecule has 4 N–H and O–H groups in total. The van der Waals surface area contributed by atoms with Crippen molar-refractivity contribution in [3.05, 3.63) is 52.6 Å². The summed E-state index contributed by atoms with van der Waals surface area (Å²) in [5, 5.41) is 20.6. The number of aromatic amines is 2. The van der Waals surface area contributed by atoms with Gasteiger partial charge in [-0.1, -0.05) is 35.0 Å². The van der Waals surface area contributed by atoms with Crippen molar-refractivity contribution < 1.29 is 9.59 Å². The highest BCUT2D eigenvalue weighted by Gasteiger charge is 2.45. The summed E-state index contributed by atoms with van der Waals surface area (Å²) in [7, 11) is 0. The number of halogens is 1. The number of hydrogen-bond donors (Lipinski definition) is 4. The highest BCUT2D eigenvalue weighted by Crippen LogP contribution is 2.46. The molecule has 0 unspecified atom stereocenters. The molecule has 0 saturated heterocycles. The first-order valence-corrected chi connectivity index (χ1v) is 10.5. The molecule has 1 aliphatic rings. The Bertz CT molecular complexity index is 1310. The molecule has 0 bridgehead atoms. The van der Waals surface area contributed by atoms with Gasteiger partial charge < -0.3 is 15.6 Å². The summed E-state index contributed by atoms with van der Waals surface area (Å²) in [5.41, 5.74) is 2.66. The third kappa shape index (κ3) is 3.70. The molecule has 2 aromatic heterocycles. The first kappa shape index (κ1) is 19.4. The van der Waals surface area contributed by atoms with Gasteiger partial charge >= 0.3 is 0 Å². The number of para-hydroxylation sites is 1. The van der Waals surface area contributed by atoms with E-state index < -0.39 is 0 Å². The Balaban J connectivity index is 1.44. The minimum Gasteiger partial charge on any atom is -0.349 e. The lowest BCUT2D eigenvalue weighted by atomic mass is 10.1. The molecule has 0 aliphatic heterocycles. The highest BCUT2D eigenvalue weighted by atomic mass is 79.9. The van der Waals surface area contributed by atoms with E-state index in [1.54, 1.807) is 12.1 Å². The van der Waals surface area contributed by atoms with Crippen LogP contribution in [0.5, 0.6) is 0 Å². The van der Waals surface area contributed by atoms with Crippen molar-refractivity contribution in [3.63, 3.8) is 0 Å². The maximum atomic E-state index is 13.0. The molecule has 0 spiro atoms. The number of rotatable bonds is 5. The van der Waals surface area contributed by atoms with Crippen molar-refractivity contribution in [3.8, 4) is 11.4 Å². The molecule has 4 aromatic rings. The number of hydrogen-bond acceptors (Lipinski definition) is 5. The van der Waals surface area contributed by atoms with E-state index in [1.165, 1.54) is 0 Å². The molecule has 0 atom stereocenters. The van der Waals surface area contributed by atoms with Crippen molar-refractivity contribution in [2.45, 2.75) is 19.8 Å². The summed E-state index contributed by atoms with van der Waals surface area (Å²) in [6, 6.07) is 12.7. The second kappa shape index (κ2) is 7.31. The van der Waals surface area contributed by atoms with E-state index in [4.69, 9.17) is 0 Å². The minimum atomic E-state index is -0.321. The molecule has 156 valence electrons. The lowest BCUT2D eigenvalue weighted by Gasteiger charge is -2.11. The van der Waals surface area contributed by atoms with Crippen LogP contribution < -0.4 is 10.6 Å². The predicted molar refractivity (Wildman–Crippen MR) is 120 cm³/mol. The van der Waals surface area contributed by atoms with Crippen molar-refractivity contribution in [1.82, 2.24) is 25.6 Å². The summed E-state index contributed by atoms with van der Waals surface area (Å²) >= 11 is 3.43. The molecule has 2 heterocycles. The molecule has 10 heteroatoms. The summed E-state index contributed by atoms with van der Waals surface area (Å²) < 4.78 is 0.826. The van der Waals surface area contributed by atoms with Crippen LogP contribution in [-0.4, -0.2) is 37.4 Å². The van der Waals surface area contributed by atoms with Crippen LogP contribution >= 0.6 is 15.9 Å². The van der Waals surface area contributed by atoms with Gasteiger partial charge in [-0.3, -0.25) is 9.59 Å². The molecule has 2 aromatic carbocycles. The Morgan fingerprint density at radius 1 is 1.10 bits per heavy atom. The van der Waals surface area contributed by atoms with E-state index in [9.17, 15) is 9.59 Å². The fourth-order valence-electron chi connectivity index (χ4n) is 3.35. The lowest BCUT2D eigenvalue weighted by Crippen LogP contribution is -2.21. The Kier molecular flexibility index (Phi) is 4.58. The number of tetrazole rings is 1. The van der Waals surface area contributed by atoms with Crippen LogP contribution in [-0.2, 0) is 4.79 Å². The summed E-state index contributed by atoms with van der Waals surface area (Å²) in [6.07, 6.45) is 1.78. The maximum absolute atomic E-state index is 13.0. The molecule has 1 fully saturated rings. The third-order valence-electron chi connectivity index (χ3n) is 5.53. The van der Waals surface area contributed by atoms with Gasteiger partial charge in [-0.2, -0.15) is 0 Å². The average molecular weight is 480 g/mol. The van der Waals surface area contributed by atoms with E-state index in [0.29, 0.717) is 34.0 Å². The highest BCUT2D eigenvalue weighted by molar-refractivity contribution is 9.10. The maximum Gasteiger partial charge on any atom is 0.272 e. The lowest BCUT2D eigenvalue weighted by molar-refractivity contribution is -0.120. The molecule has 2 amide bonds. The number of anilines is 2. The number of fused-ring (bicyclic) bond motifs is 1. The largest absolute Gasteiger partial charge is 0.349 e. The van der Waals surface area contributed by atoms with Crippen LogP contribution in [0.2, 0.25) is 0 Å². The van der Waals surface area contributed by atoms with Crippen LogP contribution in [0.1, 0.15) is 30.3 Å². The van der Waals surface area contributed by atoms with Gasteiger partial charge in [-0.15, -0.1) is 5.10 Å². The van der Waals surface area contributed by atoms with E-state index >= 15 is 0 Å². The molecule has 9 nitrogen and oxygen atoms in total. The topological polar surface area (TPSA) is 128 Å². The molecule has 0 radical (unpaired) electrons. The number of aromatic nitrogens is 5. The Morgan fingerprint density at radius 3 is 2.68 bits per heavy atom. The predicted octanol–water partition coefficient (Wildman–Crippen LogP) is 4.10. The van der Waals surface area contributed by atoms with Crippen molar-refractivity contribution in [2.75, 3.05) is 10.6 Å². The average Bonchev–Trinajstić information content (AvgIpc) is 3.17. The van der Waals surface area contributed by atoms with E-state index in [0.717, 1.165) is 22.7 Å². The van der Waals surface area contributed by atoms with Crippen LogP contribution in [0.15, 0.2) is 46.9 Å². The normalized spacial score (nSPS) is 14.4. The Labute approximate surface area is 185 Å². The fourth-order valence-corrected chi connectivity index (χ4v) is 3.72. The zero-order chi connectivity index (χ0) is 21.6. The number of benzene rings is 2. The van der Waals surface area contributed by atoms with E-state index in [1.807, 2.05) is 37.3 Å². The second-order valence-corrected chi connectivity index (χ2v) is 8.78. The van der Waals surface area contributed by atoms with Gasteiger partial charge in [0.15, 0.2) is 5.82 Å². The number of carbonyl (C=O) groups excluding carboxylic acids is 2. The summed E-state index contributed by atoms with van der Waals surface area (Å²) in [6.45, 7) is 1.95. The number of nitrogens with zero attached hydrogens (tertiary/aromatic N) is 3. The molecule has 31 heavy (non-hydrogen) atoms. The van der Waals surface area contributed by atoms with Crippen LogP contribution in [0.4, 0.5) is 11.4 Å². The van der Waals surface area contributed by atoms with Gasteiger partial charge in [0.25, 0.3) is 5.91 Å². The zero-order valence-electron chi connectivity index (χ0n) is 16.5. The van der Waals surface area contributed by atoms with Gasteiger partial charge in [0.1, 0.15) is 5.69 Å². The van der Waals surface area contributed by atoms with Crippen molar-refractivity contribution >= 4 is 50.0 Å². The van der Waals surface area contributed by atoms with Crippen molar-refractivity contribution in [2.24, 2.45) is 5.41 Å². The number of nitrogens with one attached hydrogen (secondary N) is 4. The summed E-state index contributed by atoms with van der Waals surface area (Å²) in [5.74, 6) is 0.117. The molecule has 1 aliphatic carbocycles. The number of amides is 2. The Hall–Kier alpha value is -3.53. The van der Waals surface area contributed by atoms with Crippen LogP contribution in [0, 0.1) is 5.41 Å². The Morgan fingerprint density at radius 2 is 1.94 bits per heavy atom. The number of carbonyl (C=O) groups is 2. The number of H-pyrrole nitrogens is 2. The standard InChI is InChI=1S/C21H18BrN7O2/c1-21(7-8-21)20(31)25-15-4-2-3-11-9-16(23-17(11)15)19(30)24-14-6-5-12(22)10-13(14)18-26-28-29-27-18/h2-6,9-10,23H,7-8H2,1H3,(H,24,30)(H,25,31)(H,26,27,28,29). The van der Waals surface area contributed by atoms with E-state index in [-0.39, 0.29) is 17.2 Å². The quantitative estimate of drug-likeness (QED) is 0.342. The first-order chi connectivity index (χ1) is 14.9.